The maximum absolute atomic E-state index is 8.43. The van der Waals surface area contributed by atoms with Gasteiger partial charge in [-0.2, -0.15) is 5.26 Å². The molecule has 2 rings (SSSR count). The number of hydrogen-bond acceptors (Lipinski definition) is 3. The summed E-state index contributed by atoms with van der Waals surface area (Å²) in [7, 11) is 0. The Kier molecular flexibility index (Phi) is 2.09. The lowest BCUT2D eigenvalue weighted by atomic mass is 10.2. The van der Waals surface area contributed by atoms with Crippen molar-refractivity contribution in [3.8, 4) is 6.07 Å². The topological polar surface area (TPSA) is 36.7 Å². The number of rotatable bonds is 3. The van der Waals surface area contributed by atoms with Gasteiger partial charge in [-0.05, 0) is 12.8 Å². The van der Waals surface area contributed by atoms with Crippen molar-refractivity contribution in [1.82, 2.24) is 4.98 Å². The molecule has 0 radical (unpaired) electrons. The quantitative estimate of drug-likeness (QED) is 0.738. The van der Waals surface area contributed by atoms with Gasteiger partial charge in [-0.3, -0.25) is 0 Å². The van der Waals surface area contributed by atoms with Gasteiger partial charge < -0.3 is 0 Å². The molecule has 0 bridgehead atoms. The fourth-order valence-electron chi connectivity index (χ4n) is 1.28. The van der Waals surface area contributed by atoms with Crippen molar-refractivity contribution < 1.29 is 0 Å². The second-order valence-electron chi connectivity index (χ2n) is 3.86. The van der Waals surface area contributed by atoms with E-state index in [0.29, 0.717) is 11.8 Å². The normalized spacial score (nSPS) is 18.2. The average Bonchev–Trinajstić information content (AvgIpc) is 2.69. The Hall–Kier alpha value is -0.880. The van der Waals surface area contributed by atoms with E-state index < -0.39 is 0 Å². The minimum Gasteiger partial charge on any atom is -0.246 e. The van der Waals surface area contributed by atoms with E-state index in [0.717, 1.165) is 12.1 Å². The van der Waals surface area contributed by atoms with Crippen molar-refractivity contribution in [2.24, 2.45) is 0 Å². The lowest BCUT2D eigenvalue weighted by Gasteiger charge is -2.00. The predicted molar refractivity (Wildman–Crippen MR) is 52.6 cm³/mol. The third kappa shape index (κ3) is 1.73. The van der Waals surface area contributed by atoms with Gasteiger partial charge in [0.2, 0.25) is 0 Å². The van der Waals surface area contributed by atoms with E-state index in [1.807, 2.05) is 0 Å². The molecule has 3 heteroatoms. The van der Waals surface area contributed by atoms with E-state index in [1.54, 1.807) is 11.3 Å². The number of thiazole rings is 1. The van der Waals surface area contributed by atoms with E-state index in [-0.39, 0.29) is 0 Å². The highest BCUT2D eigenvalue weighted by molar-refractivity contribution is 7.09. The summed E-state index contributed by atoms with van der Waals surface area (Å²) >= 11 is 1.75. The number of hydrogen-bond donors (Lipinski definition) is 0. The Morgan fingerprint density at radius 3 is 3.08 bits per heavy atom. The van der Waals surface area contributed by atoms with E-state index in [4.69, 9.17) is 5.26 Å². The van der Waals surface area contributed by atoms with Crippen LogP contribution in [-0.4, -0.2) is 4.98 Å². The van der Waals surface area contributed by atoms with Crippen LogP contribution in [0.3, 0.4) is 0 Å². The Morgan fingerprint density at radius 1 is 1.69 bits per heavy atom. The fourth-order valence-corrected chi connectivity index (χ4v) is 2.36. The van der Waals surface area contributed by atoms with E-state index in [2.05, 4.69) is 23.4 Å². The van der Waals surface area contributed by atoms with E-state index >= 15 is 0 Å². The number of nitriles is 1. The largest absolute Gasteiger partial charge is 0.246 e. The minimum absolute atomic E-state index is 0.384. The lowest BCUT2D eigenvalue weighted by Crippen LogP contribution is -1.98. The molecule has 0 saturated heterocycles. The summed E-state index contributed by atoms with van der Waals surface area (Å²) in [5.41, 5.74) is 1.48. The van der Waals surface area contributed by atoms with Crippen LogP contribution in [0.1, 0.15) is 36.9 Å². The number of aryl methyl sites for hydroxylation is 1. The molecule has 1 heterocycles. The first-order chi connectivity index (χ1) is 6.24. The highest BCUT2D eigenvalue weighted by atomic mass is 32.1. The van der Waals surface area contributed by atoms with E-state index in [9.17, 15) is 0 Å². The molecule has 1 aliphatic rings. The average molecular weight is 192 g/mol. The van der Waals surface area contributed by atoms with Crippen LogP contribution in [0.5, 0.6) is 0 Å². The second kappa shape index (κ2) is 3.12. The zero-order chi connectivity index (χ0) is 9.31. The van der Waals surface area contributed by atoms with Crippen molar-refractivity contribution in [2.45, 2.75) is 38.0 Å². The monoisotopic (exact) mass is 192 g/mol. The Morgan fingerprint density at radius 2 is 2.46 bits per heavy atom. The first-order valence-corrected chi connectivity index (χ1v) is 5.44. The van der Waals surface area contributed by atoms with Crippen LogP contribution in [0.2, 0.25) is 0 Å². The summed E-state index contributed by atoms with van der Waals surface area (Å²) in [5, 5.41) is 11.8. The molecular formula is C10H12N2S. The molecule has 1 fully saturated rings. The van der Waals surface area contributed by atoms with E-state index in [1.165, 1.54) is 17.8 Å². The standard InChI is InChI=1S/C10H12N2S/c1-10(4-5-10)9-12-8(7-13-9)3-2-6-11/h7H,2-5H2,1H3. The molecule has 1 aromatic rings. The molecule has 68 valence electrons. The van der Waals surface area contributed by atoms with Gasteiger partial charge in [0.1, 0.15) is 0 Å². The summed E-state index contributed by atoms with van der Waals surface area (Å²) in [4.78, 5) is 4.55. The molecule has 0 spiro atoms. The SMILES string of the molecule is CC1(c2nc(CCC#N)cs2)CC1. The third-order valence-corrected chi connectivity index (χ3v) is 3.76. The van der Waals surface area contributed by atoms with Crippen molar-refractivity contribution in [1.29, 1.82) is 5.26 Å². The minimum atomic E-state index is 0.384. The van der Waals surface area contributed by atoms with Crippen molar-refractivity contribution in [3.63, 3.8) is 0 Å². The molecule has 0 atom stereocenters. The fraction of sp³-hybridized carbons (Fsp3) is 0.600. The number of nitrogens with zero attached hydrogens (tertiary/aromatic N) is 2. The zero-order valence-corrected chi connectivity index (χ0v) is 8.52. The molecule has 0 N–H and O–H groups in total. The number of aromatic nitrogens is 1. The summed E-state index contributed by atoms with van der Waals surface area (Å²) in [6.45, 7) is 2.26. The van der Waals surface area contributed by atoms with Crippen LogP contribution in [0.4, 0.5) is 0 Å². The summed E-state index contributed by atoms with van der Waals surface area (Å²) in [5.74, 6) is 0. The van der Waals surface area contributed by atoms with Crippen LogP contribution < -0.4 is 0 Å². The summed E-state index contributed by atoms with van der Waals surface area (Å²) < 4.78 is 0. The van der Waals surface area contributed by atoms with Gasteiger partial charge >= 0.3 is 0 Å². The molecule has 1 aliphatic carbocycles. The van der Waals surface area contributed by atoms with Gasteiger partial charge in [-0.1, -0.05) is 6.92 Å². The third-order valence-electron chi connectivity index (χ3n) is 2.56. The van der Waals surface area contributed by atoms with Gasteiger partial charge in [0.25, 0.3) is 0 Å². The first-order valence-electron chi connectivity index (χ1n) is 4.56. The van der Waals surface area contributed by atoms with Gasteiger partial charge in [-0.25, -0.2) is 4.98 Å². The second-order valence-corrected chi connectivity index (χ2v) is 4.72. The van der Waals surface area contributed by atoms with Gasteiger partial charge in [-0.15, -0.1) is 11.3 Å². The summed E-state index contributed by atoms with van der Waals surface area (Å²) in [6, 6.07) is 2.14. The lowest BCUT2D eigenvalue weighted by molar-refractivity contribution is 0.766. The molecule has 13 heavy (non-hydrogen) atoms. The van der Waals surface area contributed by atoms with Crippen LogP contribution in [0, 0.1) is 11.3 Å². The van der Waals surface area contributed by atoms with Crippen LogP contribution in [-0.2, 0) is 11.8 Å². The van der Waals surface area contributed by atoms with Gasteiger partial charge in [0, 0.05) is 23.6 Å². The van der Waals surface area contributed by atoms with Crippen LogP contribution in [0.15, 0.2) is 5.38 Å². The molecule has 0 unspecified atom stereocenters. The van der Waals surface area contributed by atoms with Crippen molar-refractivity contribution in [3.05, 3.63) is 16.1 Å². The predicted octanol–water partition coefficient (Wildman–Crippen LogP) is 2.65. The summed E-state index contributed by atoms with van der Waals surface area (Å²) in [6.07, 6.45) is 3.94. The Labute approximate surface area is 82.2 Å². The molecule has 0 aliphatic heterocycles. The molecule has 0 aromatic carbocycles. The zero-order valence-electron chi connectivity index (χ0n) is 7.71. The van der Waals surface area contributed by atoms with Crippen molar-refractivity contribution >= 4 is 11.3 Å². The Bertz CT molecular complexity index is 344. The molecule has 1 saturated carbocycles. The van der Waals surface area contributed by atoms with Gasteiger partial charge in [0.05, 0.1) is 16.8 Å². The highest BCUT2D eigenvalue weighted by Crippen LogP contribution is 2.48. The van der Waals surface area contributed by atoms with Gasteiger partial charge in [0.15, 0.2) is 0 Å². The molecule has 1 aromatic heterocycles. The first kappa shape index (κ1) is 8.71. The maximum atomic E-state index is 8.43. The van der Waals surface area contributed by atoms with Crippen LogP contribution in [0.25, 0.3) is 0 Å². The smallest absolute Gasteiger partial charge is 0.0987 e. The maximum Gasteiger partial charge on any atom is 0.0987 e. The molecule has 0 amide bonds. The Balaban J connectivity index is 2.06. The highest BCUT2D eigenvalue weighted by Gasteiger charge is 2.41. The molecule has 2 nitrogen and oxygen atoms in total. The van der Waals surface area contributed by atoms with Crippen LogP contribution >= 0.6 is 11.3 Å². The van der Waals surface area contributed by atoms with Crippen molar-refractivity contribution in [2.75, 3.05) is 0 Å². The molecular weight excluding hydrogens is 180 g/mol.